The Morgan fingerprint density at radius 3 is 2.55 bits per heavy atom. The molecule has 0 aromatic heterocycles. The van der Waals surface area contributed by atoms with Crippen LogP contribution in [-0.4, -0.2) is 43.7 Å². The van der Waals surface area contributed by atoms with Gasteiger partial charge in [-0.1, -0.05) is 28.1 Å². The van der Waals surface area contributed by atoms with Gasteiger partial charge in [-0.05, 0) is 57.4 Å². The molecule has 5 rings (SSSR count). The van der Waals surface area contributed by atoms with Gasteiger partial charge in [-0.2, -0.15) is 0 Å². The molecule has 0 amide bonds. The number of hydrogen-bond donors (Lipinski definition) is 0. The molecule has 2 aliphatic carbocycles. The summed E-state index contributed by atoms with van der Waals surface area (Å²) in [5.74, 6) is -1.54. The van der Waals surface area contributed by atoms with E-state index in [-0.39, 0.29) is 35.8 Å². The molecule has 2 heterocycles. The van der Waals surface area contributed by atoms with E-state index in [1.54, 1.807) is 12.1 Å². The normalized spacial score (nSPS) is 35.2. The molecule has 1 aromatic carbocycles. The van der Waals surface area contributed by atoms with Crippen molar-refractivity contribution in [2.75, 3.05) is 19.8 Å². The molecule has 1 aromatic rings. The van der Waals surface area contributed by atoms with Crippen molar-refractivity contribution in [3.05, 3.63) is 46.5 Å². The van der Waals surface area contributed by atoms with Gasteiger partial charge in [-0.25, -0.2) is 4.79 Å². The second kappa shape index (κ2) is 7.42. The largest absolute Gasteiger partial charge is 0.465 e. The van der Waals surface area contributed by atoms with E-state index < -0.39 is 17.3 Å². The molecule has 0 unspecified atom stereocenters. The van der Waals surface area contributed by atoms with E-state index in [1.165, 1.54) is 0 Å². The number of esters is 2. The van der Waals surface area contributed by atoms with Crippen molar-refractivity contribution in [3.63, 3.8) is 0 Å². The lowest BCUT2D eigenvalue weighted by atomic mass is 9.48. The maximum absolute atomic E-state index is 13.0. The van der Waals surface area contributed by atoms with Crippen LogP contribution in [0.3, 0.4) is 0 Å². The minimum absolute atomic E-state index is 0.0298. The molecule has 0 N–H and O–H groups in total. The van der Waals surface area contributed by atoms with E-state index in [0.717, 1.165) is 10.9 Å². The third kappa shape index (κ3) is 3.36. The zero-order chi connectivity index (χ0) is 21.9. The SMILES string of the molecule is CC1(C)OCC2(CC[C@@H](OC(=O)c3ccc(Br)cc3)[C@]34COC(=O)[C@H]3CC=C[C@H]24)CO1. The van der Waals surface area contributed by atoms with Gasteiger partial charge in [-0.15, -0.1) is 0 Å². The van der Waals surface area contributed by atoms with Crippen LogP contribution >= 0.6 is 15.9 Å². The second-order valence-corrected chi connectivity index (χ2v) is 10.6. The fourth-order valence-corrected chi connectivity index (χ4v) is 6.16. The molecule has 0 radical (unpaired) electrons. The molecule has 31 heavy (non-hydrogen) atoms. The number of ether oxygens (including phenoxy) is 4. The minimum atomic E-state index is -0.622. The lowest BCUT2D eigenvalue weighted by molar-refractivity contribution is -0.310. The summed E-state index contributed by atoms with van der Waals surface area (Å²) in [6.07, 6.45) is 5.89. The van der Waals surface area contributed by atoms with E-state index in [4.69, 9.17) is 18.9 Å². The fraction of sp³-hybridized carbons (Fsp3) is 0.583. The first-order valence-electron chi connectivity index (χ1n) is 10.8. The first-order valence-corrected chi connectivity index (χ1v) is 11.6. The van der Waals surface area contributed by atoms with Crippen LogP contribution in [0.15, 0.2) is 40.9 Å². The Hall–Kier alpha value is -1.70. The molecule has 1 saturated carbocycles. The van der Waals surface area contributed by atoms with Crippen LogP contribution in [0.1, 0.15) is 43.5 Å². The van der Waals surface area contributed by atoms with Crippen LogP contribution < -0.4 is 0 Å². The number of carbonyl (C=O) groups excluding carboxylic acids is 2. The topological polar surface area (TPSA) is 71.1 Å². The summed E-state index contributed by atoms with van der Waals surface area (Å²) >= 11 is 3.39. The van der Waals surface area contributed by atoms with Crippen LogP contribution in [0, 0.1) is 22.7 Å². The van der Waals surface area contributed by atoms with Gasteiger partial charge in [0.1, 0.15) is 12.7 Å². The first-order chi connectivity index (χ1) is 14.8. The highest BCUT2D eigenvalue weighted by molar-refractivity contribution is 9.10. The van der Waals surface area contributed by atoms with Crippen LogP contribution in [0.4, 0.5) is 0 Å². The van der Waals surface area contributed by atoms with Crippen molar-refractivity contribution < 1.29 is 28.5 Å². The van der Waals surface area contributed by atoms with Gasteiger partial charge < -0.3 is 18.9 Å². The molecule has 166 valence electrons. The number of hydrogen-bond acceptors (Lipinski definition) is 6. The van der Waals surface area contributed by atoms with Gasteiger partial charge in [0.25, 0.3) is 0 Å². The van der Waals surface area contributed by atoms with E-state index >= 15 is 0 Å². The Morgan fingerprint density at radius 2 is 1.84 bits per heavy atom. The fourth-order valence-electron chi connectivity index (χ4n) is 5.90. The van der Waals surface area contributed by atoms with Gasteiger partial charge in [-0.3, -0.25) is 4.79 Å². The number of allylic oxidation sites excluding steroid dienone is 2. The number of fused-ring (bicyclic) bond motifs is 1. The molecule has 0 bridgehead atoms. The van der Waals surface area contributed by atoms with E-state index in [1.807, 2.05) is 26.0 Å². The van der Waals surface area contributed by atoms with Crippen molar-refractivity contribution in [2.45, 2.75) is 45.0 Å². The highest BCUT2D eigenvalue weighted by atomic mass is 79.9. The maximum atomic E-state index is 13.0. The summed E-state index contributed by atoms with van der Waals surface area (Å²) in [7, 11) is 0. The van der Waals surface area contributed by atoms with Crippen LogP contribution in [-0.2, 0) is 23.7 Å². The molecule has 4 atom stereocenters. The molecular formula is C24H27BrO6. The van der Waals surface area contributed by atoms with Gasteiger partial charge in [0.15, 0.2) is 5.79 Å². The number of benzene rings is 1. The predicted molar refractivity (Wildman–Crippen MR) is 115 cm³/mol. The molecular weight excluding hydrogens is 464 g/mol. The van der Waals surface area contributed by atoms with E-state index in [9.17, 15) is 9.59 Å². The second-order valence-electron chi connectivity index (χ2n) is 9.69. The zero-order valence-electron chi connectivity index (χ0n) is 17.8. The number of cyclic esters (lactones) is 1. The molecule has 6 nitrogen and oxygen atoms in total. The quantitative estimate of drug-likeness (QED) is 0.455. The maximum Gasteiger partial charge on any atom is 0.338 e. The lowest BCUT2D eigenvalue weighted by Crippen LogP contribution is -2.63. The summed E-state index contributed by atoms with van der Waals surface area (Å²) in [4.78, 5) is 25.7. The third-order valence-corrected chi connectivity index (χ3v) is 8.11. The van der Waals surface area contributed by atoms with E-state index in [0.29, 0.717) is 31.6 Å². The van der Waals surface area contributed by atoms with Gasteiger partial charge in [0.05, 0.1) is 30.1 Å². The van der Waals surface area contributed by atoms with Crippen molar-refractivity contribution >= 4 is 27.9 Å². The van der Waals surface area contributed by atoms with Crippen molar-refractivity contribution in [2.24, 2.45) is 22.7 Å². The van der Waals surface area contributed by atoms with Crippen molar-refractivity contribution in [1.29, 1.82) is 0 Å². The average Bonchev–Trinajstić information content (AvgIpc) is 3.10. The molecule has 7 heteroatoms. The lowest BCUT2D eigenvalue weighted by Gasteiger charge is -2.59. The summed E-state index contributed by atoms with van der Waals surface area (Å²) in [5.41, 5.74) is -0.363. The Kier molecular flexibility index (Phi) is 5.07. The Balaban J connectivity index is 1.48. The Bertz CT molecular complexity index is 913. The van der Waals surface area contributed by atoms with Gasteiger partial charge in [0.2, 0.25) is 0 Å². The minimum Gasteiger partial charge on any atom is -0.465 e. The summed E-state index contributed by atoms with van der Waals surface area (Å²) in [6, 6.07) is 7.12. The predicted octanol–water partition coefficient (Wildman–Crippen LogP) is 4.27. The number of rotatable bonds is 2. The van der Waals surface area contributed by atoms with Crippen molar-refractivity contribution in [1.82, 2.24) is 0 Å². The standard InChI is InChI=1S/C24H27BrO6/c1-22(2)29-12-23(13-30-22)11-10-19(31-20(26)15-6-8-16(25)9-7-15)24-14-28-21(27)17(24)4-3-5-18(23)24/h3,5-9,17-19H,4,10-14H2,1-2H3/t17-,18-,19-,24-/m1/s1. The molecule has 2 saturated heterocycles. The average molecular weight is 491 g/mol. The highest BCUT2D eigenvalue weighted by Gasteiger charge is 2.68. The summed E-state index contributed by atoms with van der Waals surface area (Å²) in [5, 5.41) is 0. The Morgan fingerprint density at radius 1 is 1.13 bits per heavy atom. The molecule has 2 spiro atoms. The summed E-state index contributed by atoms with van der Waals surface area (Å²) < 4.78 is 24.8. The first kappa shape index (κ1) is 21.2. The van der Waals surface area contributed by atoms with Crippen molar-refractivity contribution in [3.8, 4) is 0 Å². The smallest absolute Gasteiger partial charge is 0.338 e. The van der Waals surface area contributed by atoms with Gasteiger partial charge >= 0.3 is 11.9 Å². The molecule has 3 fully saturated rings. The third-order valence-electron chi connectivity index (χ3n) is 7.58. The zero-order valence-corrected chi connectivity index (χ0v) is 19.4. The van der Waals surface area contributed by atoms with Crippen LogP contribution in [0.2, 0.25) is 0 Å². The highest BCUT2D eigenvalue weighted by Crippen LogP contribution is 2.62. The van der Waals surface area contributed by atoms with Crippen LogP contribution in [0.5, 0.6) is 0 Å². The Labute approximate surface area is 190 Å². The molecule has 4 aliphatic rings. The monoisotopic (exact) mass is 490 g/mol. The van der Waals surface area contributed by atoms with Crippen LogP contribution in [0.25, 0.3) is 0 Å². The van der Waals surface area contributed by atoms with Gasteiger partial charge in [0, 0.05) is 15.8 Å². The summed E-state index contributed by atoms with van der Waals surface area (Å²) in [6.45, 7) is 5.19. The molecule has 2 aliphatic heterocycles. The number of carbonyl (C=O) groups is 2. The van der Waals surface area contributed by atoms with E-state index in [2.05, 4.69) is 28.1 Å². The number of halogens is 1.